The van der Waals surface area contributed by atoms with Crippen LogP contribution in [0.5, 0.6) is 5.75 Å². The molecule has 2 rings (SSSR count). The van der Waals surface area contributed by atoms with Crippen molar-refractivity contribution in [2.24, 2.45) is 0 Å². The van der Waals surface area contributed by atoms with Gasteiger partial charge < -0.3 is 18.6 Å². The number of methoxy groups -OCH3 is 1. The van der Waals surface area contributed by atoms with E-state index in [9.17, 15) is 9.59 Å². The summed E-state index contributed by atoms with van der Waals surface area (Å²) in [5, 5.41) is 0.590. The first-order valence-corrected chi connectivity index (χ1v) is 6.52. The van der Waals surface area contributed by atoms with Crippen LogP contribution in [-0.4, -0.2) is 32.9 Å². The SMILES string of the molecule is CCOC(=O)c1cc2cc(OCCOC)ccc2oc1=O. The van der Waals surface area contributed by atoms with Gasteiger partial charge in [0.2, 0.25) is 0 Å². The van der Waals surface area contributed by atoms with Crippen LogP contribution in [0.25, 0.3) is 11.0 Å². The van der Waals surface area contributed by atoms with E-state index in [1.54, 1.807) is 32.2 Å². The molecule has 0 aliphatic heterocycles. The Bertz CT molecular complexity index is 688. The molecule has 21 heavy (non-hydrogen) atoms. The molecule has 2 aromatic rings. The second kappa shape index (κ2) is 6.90. The van der Waals surface area contributed by atoms with Crippen molar-refractivity contribution in [3.63, 3.8) is 0 Å². The first kappa shape index (κ1) is 15.1. The average molecular weight is 292 g/mol. The molecule has 1 aromatic carbocycles. The summed E-state index contributed by atoms with van der Waals surface area (Å²) in [6.07, 6.45) is 0. The van der Waals surface area contributed by atoms with Crippen molar-refractivity contribution in [1.82, 2.24) is 0 Å². The van der Waals surface area contributed by atoms with Gasteiger partial charge in [0.25, 0.3) is 0 Å². The number of hydrogen-bond donors (Lipinski definition) is 0. The molecular formula is C15H16O6. The van der Waals surface area contributed by atoms with Crippen molar-refractivity contribution in [1.29, 1.82) is 0 Å². The summed E-state index contributed by atoms with van der Waals surface area (Å²) >= 11 is 0. The Morgan fingerprint density at radius 3 is 2.76 bits per heavy atom. The lowest BCUT2D eigenvalue weighted by Crippen LogP contribution is -2.16. The maximum atomic E-state index is 11.7. The average Bonchev–Trinajstić information content (AvgIpc) is 2.47. The molecule has 0 bridgehead atoms. The van der Waals surface area contributed by atoms with Crippen LogP contribution in [0.1, 0.15) is 17.3 Å². The highest BCUT2D eigenvalue weighted by Gasteiger charge is 2.14. The van der Waals surface area contributed by atoms with Crippen molar-refractivity contribution in [3.8, 4) is 5.75 Å². The Labute approximate surface area is 121 Å². The minimum atomic E-state index is -0.714. The van der Waals surface area contributed by atoms with Gasteiger partial charge in [0.15, 0.2) is 0 Å². The van der Waals surface area contributed by atoms with Crippen LogP contribution in [-0.2, 0) is 9.47 Å². The van der Waals surface area contributed by atoms with E-state index in [4.69, 9.17) is 18.6 Å². The molecule has 0 radical (unpaired) electrons. The summed E-state index contributed by atoms with van der Waals surface area (Å²) in [5.74, 6) is -0.0953. The van der Waals surface area contributed by atoms with Gasteiger partial charge in [-0.05, 0) is 31.2 Å². The van der Waals surface area contributed by atoms with Crippen molar-refractivity contribution < 1.29 is 23.4 Å². The zero-order valence-corrected chi connectivity index (χ0v) is 11.9. The van der Waals surface area contributed by atoms with Gasteiger partial charge in [-0.2, -0.15) is 0 Å². The Kier molecular flexibility index (Phi) is 4.94. The molecule has 0 aliphatic rings. The smallest absolute Gasteiger partial charge is 0.351 e. The van der Waals surface area contributed by atoms with Gasteiger partial charge in [0, 0.05) is 12.5 Å². The number of ether oxygens (including phenoxy) is 3. The van der Waals surface area contributed by atoms with Crippen LogP contribution in [0, 0.1) is 0 Å². The monoisotopic (exact) mass is 292 g/mol. The minimum absolute atomic E-state index is 0.126. The zero-order valence-electron chi connectivity index (χ0n) is 11.9. The van der Waals surface area contributed by atoms with Gasteiger partial charge in [0.1, 0.15) is 23.5 Å². The number of benzene rings is 1. The first-order valence-electron chi connectivity index (χ1n) is 6.52. The molecule has 0 spiro atoms. The Hall–Kier alpha value is -2.34. The van der Waals surface area contributed by atoms with Crippen molar-refractivity contribution in [2.75, 3.05) is 26.9 Å². The van der Waals surface area contributed by atoms with Crippen molar-refractivity contribution in [3.05, 3.63) is 40.2 Å². The number of carbonyl (C=O) groups is 1. The van der Waals surface area contributed by atoms with Gasteiger partial charge >= 0.3 is 11.6 Å². The van der Waals surface area contributed by atoms with Crippen LogP contribution in [0.4, 0.5) is 0 Å². The van der Waals surface area contributed by atoms with E-state index in [2.05, 4.69) is 0 Å². The van der Waals surface area contributed by atoms with Gasteiger partial charge in [0.05, 0.1) is 13.2 Å². The highest BCUT2D eigenvalue weighted by molar-refractivity contribution is 5.93. The fourth-order valence-electron chi connectivity index (χ4n) is 1.79. The van der Waals surface area contributed by atoms with E-state index in [-0.39, 0.29) is 12.2 Å². The number of hydrogen-bond acceptors (Lipinski definition) is 6. The van der Waals surface area contributed by atoms with Gasteiger partial charge in [-0.1, -0.05) is 0 Å². The van der Waals surface area contributed by atoms with Gasteiger partial charge in [-0.3, -0.25) is 0 Å². The lowest BCUT2D eigenvalue weighted by molar-refractivity contribution is 0.0522. The Morgan fingerprint density at radius 1 is 1.24 bits per heavy atom. The predicted molar refractivity (Wildman–Crippen MR) is 75.8 cm³/mol. The molecule has 1 aromatic heterocycles. The molecule has 1 heterocycles. The molecule has 0 saturated carbocycles. The van der Waals surface area contributed by atoms with Crippen LogP contribution >= 0.6 is 0 Å². The Morgan fingerprint density at radius 2 is 2.05 bits per heavy atom. The second-order valence-electron chi connectivity index (χ2n) is 4.21. The highest BCUT2D eigenvalue weighted by Crippen LogP contribution is 2.20. The third kappa shape index (κ3) is 3.61. The standard InChI is InChI=1S/C15H16O6/c1-3-19-14(16)12-9-10-8-11(20-7-6-18-2)4-5-13(10)21-15(12)17/h4-5,8-9H,3,6-7H2,1-2H3. The quantitative estimate of drug-likeness (QED) is 0.460. The maximum absolute atomic E-state index is 11.7. The van der Waals surface area contributed by atoms with Crippen molar-refractivity contribution >= 4 is 16.9 Å². The van der Waals surface area contributed by atoms with E-state index >= 15 is 0 Å². The zero-order chi connectivity index (χ0) is 15.2. The maximum Gasteiger partial charge on any atom is 0.351 e. The van der Waals surface area contributed by atoms with E-state index in [1.165, 1.54) is 6.07 Å². The number of carbonyl (C=O) groups excluding carboxylic acids is 1. The molecule has 0 N–H and O–H groups in total. The van der Waals surface area contributed by atoms with Crippen LogP contribution in [0.15, 0.2) is 33.5 Å². The van der Waals surface area contributed by atoms with Gasteiger partial charge in [-0.25, -0.2) is 9.59 Å². The largest absolute Gasteiger partial charge is 0.491 e. The summed E-state index contributed by atoms with van der Waals surface area (Å²) in [4.78, 5) is 23.4. The molecule has 6 nitrogen and oxygen atoms in total. The normalized spacial score (nSPS) is 10.6. The summed E-state index contributed by atoms with van der Waals surface area (Å²) < 4.78 is 20.3. The van der Waals surface area contributed by atoms with E-state index in [0.717, 1.165) is 0 Å². The summed E-state index contributed by atoms with van der Waals surface area (Å²) in [5.41, 5.74) is -0.459. The van der Waals surface area contributed by atoms with E-state index in [0.29, 0.717) is 29.9 Å². The number of esters is 1. The molecule has 0 amide bonds. The number of fused-ring (bicyclic) bond motifs is 1. The predicted octanol–water partition coefficient (Wildman–Crippen LogP) is 1.99. The molecule has 0 unspecified atom stereocenters. The highest BCUT2D eigenvalue weighted by atomic mass is 16.5. The lowest BCUT2D eigenvalue weighted by atomic mass is 10.2. The fraction of sp³-hybridized carbons (Fsp3) is 0.333. The molecular weight excluding hydrogens is 276 g/mol. The molecule has 0 atom stereocenters. The summed E-state index contributed by atoms with van der Waals surface area (Å²) in [7, 11) is 1.59. The first-order chi connectivity index (χ1) is 10.2. The lowest BCUT2D eigenvalue weighted by Gasteiger charge is -2.07. The molecule has 0 fully saturated rings. The summed E-state index contributed by atoms with van der Waals surface area (Å²) in [6.45, 7) is 2.73. The van der Waals surface area contributed by atoms with Gasteiger partial charge in [-0.15, -0.1) is 0 Å². The second-order valence-corrected chi connectivity index (χ2v) is 4.21. The minimum Gasteiger partial charge on any atom is -0.491 e. The molecule has 6 heteroatoms. The third-order valence-corrected chi connectivity index (χ3v) is 2.76. The van der Waals surface area contributed by atoms with Crippen LogP contribution < -0.4 is 10.4 Å². The topological polar surface area (TPSA) is 75.0 Å². The van der Waals surface area contributed by atoms with Crippen molar-refractivity contribution in [2.45, 2.75) is 6.92 Å². The van der Waals surface area contributed by atoms with Crippen LogP contribution in [0.2, 0.25) is 0 Å². The third-order valence-electron chi connectivity index (χ3n) is 2.76. The molecule has 0 saturated heterocycles. The molecule has 0 aliphatic carbocycles. The summed E-state index contributed by atoms with van der Waals surface area (Å²) in [6, 6.07) is 6.44. The van der Waals surface area contributed by atoms with E-state index < -0.39 is 11.6 Å². The molecule has 112 valence electrons. The Balaban J connectivity index is 2.34. The fourth-order valence-corrected chi connectivity index (χ4v) is 1.79. The number of rotatable bonds is 6. The van der Waals surface area contributed by atoms with E-state index in [1.807, 2.05) is 0 Å². The van der Waals surface area contributed by atoms with Crippen LogP contribution in [0.3, 0.4) is 0 Å².